The fourth-order valence-corrected chi connectivity index (χ4v) is 4.70. The van der Waals surface area contributed by atoms with Crippen LogP contribution in [-0.2, 0) is 29.4 Å². The summed E-state index contributed by atoms with van der Waals surface area (Å²) in [6.45, 7) is 0.135. The van der Waals surface area contributed by atoms with E-state index >= 15 is 0 Å². The molecule has 0 radical (unpaired) electrons. The number of halogens is 4. The fraction of sp³-hybridized carbons (Fsp3) is 0.115. The molecule has 0 aliphatic rings. The molecule has 37 heavy (non-hydrogen) atoms. The van der Waals surface area contributed by atoms with Gasteiger partial charge < -0.3 is 13.5 Å². The van der Waals surface area contributed by atoms with E-state index in [0.717, 1.165) is 18.2 Å². The van der Waals surface area contributed by atoms with Crippen molar-refractivity contribution in [2.24, 2.45) is 0 Å². The van der Waals surface area contributed by atoms with Crippen LogP contribution in [0, 0.1) is 0 Å². The van der Waals surface area contributed by atoms with Crippen molar-refractivity contribution in [2.75, 3.05) is 0 Å². The van der Waals surface area contributed by atoms with E-state index < -0.39 is 26.8 Å². The molecule has 1 heterocycles. The molecule has 3 aromatic carbocycles. The Balaban J connectivity index is 1.59. The Morgan fingerprint density at radius 1 is 0.919 bits per heavy atom. The van der Waals surface area contributed by atoms with Crippen molar-refractivity contribution in [1.82, 2.24) is 4.90 Å². The molecule has 1 amide bonds. The molecule has 0 atom stereocenters. The number of carbonyl (C=O) groups excluding carboxylic acids is 1. The van der Waals surface area contributed by atoms with Gasteiger partial charge in [-0.05, 0) is 60.2 Å². The number of furan rings is 1. The summed E-state index contributed by atoms with van der Waals surface area (Å²) >= 11 is 6.22. The van der Waals surface area contributed by atoms with Gasteiger partial charge in [-0.2, -0.15) is 21.6 Å². The minimum atomic E-state index is -4.71. The maximum absolute atomic E-state index is 13.3. The lowest BCUT2D eigenvalue weighted by atomic mass is 10.1. The van der Waals surface area contributed by atoms with Gasteiger partial charge in [0.25, 0.3) is 5.91 Å². The number of rotatable bonds is 8. The third-order valence-electron chi connectivity index (χ3n) is 5.25. The maximum Gasteiger partial charge on any atom is 0.416 e. The first kappa shape index (κ1) is 26.3. The Labute approximate surface area is 216 Å². The highest BCUT2D eigenvalue weighted by Gasteiger charge is 2.32. The first-order valence-electron chi connectivity index (χ1n) is 10.8. The van der Waals surface area contributed by atoms with Gasteiger partial charge in [0.05, 0.1) is 29.0 Å². The topological polar surface area (TPSA) is 76.8 Å². The van der Waals surface area contributed by atoms with Gasteiger partial charge in [-0.25, -0.2) is 0 Å². The van der Waals surface area contributed by atoms with Gasteiger partial charge in [-0.15, -0.1) is 0 Å². The molecule has 1 aromatic heterocycles. The van der Waals surface area contributed by atoms with E-state index in [9.17, 15) is 26.4 Å². The van der Waals surface area contributed by atoms with Crippen molar-refractivity contribution in [2.45, 2.75) is 24.2 Å². The summed E-state index contributed by atoms with van der Waals surface area (Å²) < 4.78 is 74.9. The monoisotopic (exact) mass is 549 g/mol. The highest BCUT2D eigenvalue weighted by molar-refractivity contribution is 7.87. The minimum absolute atomic E-state index is 0.0333. The van der Waals surface area contributed by atoms with Gasteiger partial charge >= 0.3 is 16.3 Å². The van der Waals surface area contributed by atoms with Crippen LogP contribution in [0.15, 0.2) is 101 Å². The Morgan fingerprint density at radius 2 is 1.68 bits per heavy atom. The van der Waals surface area contributed by atoms with Crippen molar-refractivity contribution in [3.63, 3.8) is 0 Å². The molecule has 4 aromatic rings. The predicted octanol–water partition coefficient (Wildman–Crippen LogP) is 6.56. The van der Waals surface area contributed by atoms with Gasteiger partial charge in [-0.1, -0.05) is 41.9 Å². The number of carbonyl (C=O) groups is 1. The van der Waals surface area contributed by atoms with Crippen molar-refractivity contribution < 1.29 is 35.0 Å². The standard InChI is InChI=1S/C26H19ClF3NO5S/c27-24-12-2-1-11-23(24)25(32)31(17-21-9-5-13-35-21)16-18-6-3-8-20(14-18)36-37(33,34)22-10-4-7-19(15-22)26(28,29)30/h1-15H,16-17H2. The Morgan fingerprint density at radius 3 is 2.38 bits per heavy atom. The van der Waals surface area contributed by atoms with E-state index in [-0.39, 0.29) is 35.3 Å². The van der Waals surface area contributed by atoms with Gasteiger partial charge in [-0.3, -0.25) is 4.79 Å². The zero-order valence-corrected chi connectivity index (χ0v) is 20.6. The second-order valence-corrected chi connectivity index (χ2v) is 9.88. The zero-order chi connectivity index (χ0) is 26.6. The average Bonchev–Trinajstić information content (AvgIpc) is 3.36. The summed E-state index contributed by atoms with van der Waals surface area (Å²) in [4.78, 5) is 14.1. The number of hydrogen-bond acceptors (Lipinski definition) is 5. The lowest BCUT2D eigenvalue weighted by Crippen LogP contribution is -2.30. The zero-order valence-electron chi connectivity index (χ0n) is 19.0. The molecule has 0 fully saturated rings. The minimum Gasteiger partial charge on any atom is -0.467 e. The molecule has 0 saturated heterocycles. The van der Waals surface area contributed by atoms with Gasteiger partial charge in [0.1, 0.15) is 16.4 Å². The Kier molecular flexibility index (Phi) is 7.60. The smallest absolute Gasteiger partial charge is 0.416 e. The normalized spacial score (nSPS) is 11.8. The van der Waals surface area contributed by atoms with E-state index in [0.29, 0.717) is 17.4 Å². The molecule has 0 spiro atoms. The molecule has 4 rings (SSSR count). The third-order valence-corrected chi connectivity index (χ3v) is 6.82. The van der Waals surface area contributed by atoms with Gasteiger partial charge in [0, 0.05) is 6.54 Å². The molecule has 6 nitrogen and oxygen atoms in total. The Bertz CT molecular complexity index is 1500. The summed E-state index contributed by atoms with van der Waals surface area (Å²) in [6.07, 6.45) is -3.24. The van der Waals surface area contributed by atoms with Crippen LogP contribution in [0.4, 0.5) is 13.2 Å². The lowest BCUT2D eigenvalue weighted by molar-refractivity contribution is -0.137. The van der Waals surface area contributed by atoms with Crippen LogP contribution in [0.5, 0.6) is 5.75 Å². The van der Waals surface area contributed by atoms with Crippen LogP contribution < -0.4 is 4.18 Å². The first-order valence-corrected chi connectivity index (χ1v) is 12.6. The van der Waals surface area contributed by atoms with E-state index in [1.807, 2.05) is 0 Å². The second-order valence-electron chi connectivity index (χ2n) is 7.93. The molecule has 0 N–H and O–H groups in total. The van der Waals surface area contributed by atoms with Crippen molar-refractivity contribution in [1.29, 1.82) is 0 Å². The third kappa shape index (κ3) is 6.52. The summed E-state index contributed by atoms with van der Waals surface area (Å²) in [5.41, 5.74) is -0.337. The molecule has 0 saturated carbocycles. The second kappa shape index (κ2) is 10.7. The SMILES string of the molecule is O=C(c1ccccc1Cl)N(Cc1cccc(OS(=O)(=O)c2cccc(C(F)(F)F)c2)c1)Cc1ccco1. The molecule has 0 aliphatic heterocycles. The molecule has 192 valence electrons. The molecular formula is C26H19ClF3NO5S. The van der Waals surface area contributed by atoms with Crippen LogP contribution in [0.25, 0.3) is 0 Å². The number of hydrogen-bond donors (Lipinski definition) is 0. The number of nitrogens with zero attached hydrogens (tertiary/aromatic N) is 1. The average molecular weight is 550 g/mol. The van der Waals surface area contributed by atoms with Crippen LogP contribution in [0.1, 0.15) is 27.2 Å². The molecule has 0 aliphatic carbocycles. The van der Waals surface area contributed by atoms with Gasteiger partial charge in [0.15, 0.2) is 0 Å². The number of amides is 1. The molecule has 0 unspecified atom stereocenters. The van der Waals surface area contributed by atoms with Crippen LogP contribution in [0.3, 0.4) is 0 Å². The molecular weight excluding hydrogens is 531 g/mol. The summed E-state index contributed by atoms with van der Waals surface area (Å²) in [6, 6.07) is 19.1. The van der Waals surface area contributed by atoms with E-state index in [1.165, 1.54) is 29.4 Å². The first-order chi connectivity index (χ1) is 17.5. The fourth-order valence-electron chi connectivity index (χ4n) is 3.51. The summed E-state index contributed by atoms with van der Waals surface area (Å²) in [5, 5.41) is 0.265. The van der Waals surface area contributed by atoms with Crippen LogP contribution in [-0.4, -0.2) is 19.2 Å². The van der Waals surface area contributed by atoms with Crippen molar-refractivity contribution in [3.05, 3.63) is 119 Å². The summed E-state index contributed by atoms with van der Waals surface area (Å²) in [5.74, 6) is 0.00268. The number of benzene rings is 3. The summed E-state index contributed by atoms with van der Waals surface area (Å²) in [7, 11) is -4.56. The van der Waals surface area contributed by atoms with E-state index in [1.54, 1.807) is 42.5 Å². The largest absolute Gasteiger partial charge is 0.467 e. The highest BCUT2D eigenvalue weighted by Crippen LogP contribution is 2.31. The van der Waals surface area contributed by atoms with Crippen LogP contribution in [0.2, 0.25) is 5.02 Å². The highest BCUT2D eigenvalue weighted by atomic mass is 35.5. The Hall–Kier alpha value is -3.76. The van der Waals surface area contributed by atoms with E-state index in [2.05, 4.69) is 0 Å². The maximum atomic E-state index is 13.3. The van der Waals surface area contributed by atoms with Crippen LogP contribution >= 0.6 is 11.6 Å². The van der Waals surface area contributed by atoms with Crippen molar-refractivity contribution in [3.8, 4) is 5.75 Å². The number of alkyl halides is 3. The molecule has 11 heteroatoms. The van der Waals surface area contributed by atoms with E-state index in [4.69, 9.17) is 20.2 Å². The quantitative estimate of drug-likeness (QED) is 0.233. The van der Waals surface area contributed by atoms with Gasteiger partial charge in [0.2, 0.25) is 0 Å². The molecule has 0 bridgehead atoms. The predicted molar refractivity (Wildman–Crippen MR) is 129 cm³/mol. The van der Waals surface area contributed by atoms with Crippen molar-refractivity contribution >= 4 is 27.6 Å². The lowest BCUT2D eigenvalue weighted by Gasteiger charge is -2.23.